The Morgan fingerprint density at radius 2 is 2.00 bits per heavy atom. The fourth-order valence-corrected chi connectivity index (χ4v) is 2.08. The Hall–Kier alpha value is -1.40. The smallest absolute Gasteiger partial charge is 0.239 e. The van der Waals surface area contributed by atoms with Gasteiger partial charge in [0.05, 0.1) is 19.1 Å². The molecule has 1 aromatic rings. The summed E-state index contributed by atoms with van der Waals surface area (Å²) >= 11 is 3.42. The number of carbonyl (C=O) groups excluding carboxylic acids is 2. The van der Waals surface area contributed by atoms with Crippen molar-refractivity contribution in [2.45, 2.75) is 13.0 Å². The molecule has 0 heterocycles. The topological polar surface area (TPSA) is 84.2 Å². The zero-order chi connectivity index (χ0) is 13.5. The number of amides is 2. The van der Waals surface area contributed by atoms with E-state index >= 15 is 0 Å². The van der Waals surface area contributed by atoms with Crippen LogP contribution in [0.4, 0.5) is 0 Å². The molecule has 6 heteroatoms. The van der Waals surface area contributed by atoms with Crippen molar-refractivity contribution in [3.8, 4) is 0 Å². The molecule has 1 rings (SSSR count). The summed E-state index contributed by atoms with van der Waals surface area (Å²) in [6.07, 6.45) is 0. The first kappa shape index (κ1) is 14.7. The van der Waals surface area contributed by atoms with Gasteiger partial charge in [-0.25, -0.2) is 0 Å². The molecule has 98 valence electrons. The maximum absolute atomic E-state index is 11.6. The summed E-state index contributed by atoms with van der Waals surface area (Å²) in [5, 5.41) is 5.21. The minimum atomic E-state index is -0.348. The van der Waals surface area contributed by atoms with Crippen LogP contribution in [0.1, 0.15) is 18.5 Å². The van der Waals surface area contributed by atoms with Crippen molar-refractivity contribution in [1.82, 2.24) is 10.6 Å². The van der Waals surface area contributed by atoms with E-state index in [1.54, 1.807) is 0 Å². The summed E-state index contributed by atoms with van der Waals surface area (Å²) in [7, 11) is 0. The lowest BCUT2D eigenvalue weighted by Gasteiger charge is -2.16. The third-order valence-corrected chi connectivity index (χ3v) is 3.10. The summed E-state index contributed by atoms with van der Waals surface area (Å²) in [6.45, 7) is 1.70. The van der Waals surface area contributed by atoms with Crippen LogP contribution < -0.4 is 16.4 Å². The summed E-state index contributed by atoms with van der Waals surface area (Å²) in [5.74, 6) is -0.598. The number of hydrogen-bond acceptors (Lipinski definition) is 3. The fraction of sp³-hybridized carbons (Fsp3) is 0.333. The molecule has 0 spiro atoms. The molecule has 5 nitrogen and oxygen atoms in total. The van der Waals surface area contributed by atoms with Crippen molar-refractivity contribution in [3.05, 3.63) is 34.3 Å². The van der Waals surface area contributed by atoms with Gasteiger partial charge in [-0.3, -0.25) is 9.59 Å². The molecule has 0 aliphatic heterocycles. The Morgan fingerprint density at radius 1 is 1.33 bits per heavy atom. The first-order chi connectivity index (χ1) is 8.54. The summed E-state index contributed by atoms with van der Waals surface area (Å²) in [4.78, 5) is 22.5. The average molecular weight is 314 g/mol. The highest BCUT2D eigenvalue weighted by atomic mass is 79.9. The van der Waals surface area contributed by atoms with E-state index in [9.17, 15) is 9.59 Å². The van der Waals surface area contributed by atoms with Crippen LogP contribution in [-0.2, 0) is 9.59 Å². The first-order valence-electron chi connectivity index (χ1n) is 5.55. The number of carbonyl (C=O) groups is 2. The predicted molar refractivity (Wildman–Crippen MR) is 72.8 cm³/mol. The van der Waals surface area contributed by atoms with Gasteiger partial charge in [-0.15, -0.1) is 0 Å². The third-order valence-electron chi connectivity index (χ3n) is 2.38. The van der Waals surface area contributed by atoms with E-state index in [1.807, 2.05) is 31.2 Å². The van der Waals surface area contributed by atoms with Gasteiger partial charge in [0.25, 0.3) is 0 Å². The molecule has 0 bridgehead atoms. The van der Waals surface area contributed by atoms with Gasteiger partial charge in [-0.2, -0.15) is 0 Å². The second-order valence-electron chi connectivity index (χ2n) is 3.79. The van der Waals surface area contributed by atoms with Crippen LogP contribution in [0.5, 0.6) is 0 Å². The summed E-state index contributed by atoms with van der Waals surface area (Å²) in [5.41, 5.74) is 6.10. The van der Waals surface area contributed by atoms with Crippen molar-refractivity contribution < 1.29 is 9.59 Å². The average Bonchev–Trinajstić information content (AvgIpc) is 2.36. The lowest BCUT2D eigenvalue weighted by molar-refractivity contribution is -0.125. The zero-order valence-corrected chi connectivity index (χ0v) is 11.7. The van der Waals surface area contributed by atoms with Gasteiger partial charge in [0.15, 0.2) is 0 Å². The van der Waals surface area contributed by atoms with Gasteiger partial charge in [0.2, 0.25) is 11.8 Å². The van der Waals surface area contributed by atoms with Crippen LogP contribution in [0.3, 0.4) is 0 Å². The SMILES string of the molecule is C[C@H](NC(=O)CNC(=O)CN)c1ccccc1Br. The van der Waals surface area contributed by atoms with Crippen molar-refractivity contribution >= 4 is 27.7 Å². The molecule has 0 unspecified atom stereocenters. The number of hydrogen-bond donors (Lipinski definition) is 3. The second-order valence-corrected chi connectivity index (χ2v) is 4.65. The molecular weight excluding hydrogens is 298 g/mol. The Balaban J connectivity index is 2.50. The van der Waals surface area contributed by atoms with E-state index in [1.165, 1.54) is 0 Å². The lowest BCUT2D eigenvalue weighted by Crippen LogP contribution is -2.40. The molecule has 0 aliphatic carbocycles. The molecule has 2 amide bonds. The van der Waals surface area contributed by atoms with Gasteiger partial charge in [-0.1, -0.05) is 34.1 Å². The van der Waals surface area contributed by atoms with Crippen LogP contribution in [0, 0.1) is 0 Å². The molecule has 0 saturated heterocycles. The molecule has 4 N–H and O–H groups in total. The van der Waals surface area contributed by atoms with E-state index in [4.69, 9.17) is 5.73 Å². The standard InChI is InChI=1S/C12H16BrN3O2/c1-8(9-4-2-3-5-10(9)13)16-12(18)7-15-11(17)6-14/h2-5,8H,6-7,14H2,1H3,(H,15,17)(H,16,18)/t8-/m0/s1. The van der Waals surface area contributed by atoms with E-state index in [2.05, 4.69) is 26.6 Å². The normalized spacial score (nSPS) is 11.7. The van der Waals surface area contributed by atoms with Crippen molar-refractivity contribution in [2.24, 2.45) is 5.73 Å². The zero-order valence-electron chi connectivity index (χ0n) is 10.1. The van der Waals surface area contributed by atoms with E-state index in [0.29, 0.717) is 0 Å². The predicted octanol–water partition coefficient (Wildman–Crippen LogP) is 0.701. The van der Waals surface area contributed by atoms with Crippen LogP contribution in [0.15, 0.2) is 28.7 Å². The highest BCUT2D eigenvalue weighted by Gasteiger charge is 2.12. The second kappa shape index (κ2) is 7.13. The van der Waals surface area contributed by atoms with Crippen molar-refractivity contribution in [1.29, 1.82) is 0 Å². The monoisotopic (exact) mass is 313 g/mol. The number of benzene rings is 1. The fourth-order valence-electron chi connectivity index (χ4n) is 1.45. The maximum atomic E-state index is 11.6. The molecule has 1 atom stereocenters. The number of rotatable bonds is 5. The van der Waals surface area contributed by atoms with Crippen LogP contribution in [0.25, 0.3) is 0 Å². The van der Waals surface area contributed by atoms with Crippen LogP contribution in [0.2, 0.25) is 0 Å². The van der Waals surface area contributed by atoms with Crippen LogP contribution in [-0.4, -0.2) is 24.9 Å². The number of nitrogens with one attached hydrogen (secondary N) is 2. The Labute approximate surface area is 114 Å². The third kappa shape index (κ3) is 4.46. The summed E-state index contributed by atoms with van der Waals surface area (Å²) in [6, 6.07) is 7.51. The van der Waals surface area contributed by atoms with E-state index < -0.39 is 0 Å². The van der Waals surface area contributed by atoms with Crippen molar-refractivity contribution in [3.63, 3.8) is 0 Å². The minimum absolute atomic E-state index is 0.0647. The van der Waals surface area contributed by atoms with Crippen LogP contribution >= 0.6 is 15.9 Å². The maximum Gasteiger partial charge on any atom is 0.239 e. The van der Waals surface area contributed by atoms with E-state index in [0.717, 1.165) is 10.0 Å². The molecule has 0 aliphatic rings. The van der Waals surface area contributed by atoms with Gasteiger partial charge >= 0.3 is 0 Å². The first-order valence-corrected chi connectivity index (χ1v) is 6.34. The molecule has 0 saturated carbocycles. The summed E-state index contributed by atoms with van der Waals surface area (Å²) < 4.78 is 0.934. The lowest BCUT2D eigenvalue weighted by atomic mass is 10.1. The molecule has 0 radical (unpaired) electrons. The Morgan fingerprint density at radius 3 is 2.61 bits per heavy atom. The minimum Gasteiger partial charge on any atom is -0.348 e. The number of nitrogens with two attached hydrogens (primary N) is 1. The molecule has 1 aromatic carbocycles. The largest absolute Gasteiger partial charge is 0.348 e. The highest BCUT2D eigenvalue weighted by Crippen LogP contribution is 2.22. The Kier molecular flexibility index (Phi) is 5.80. The highest BCUT2D eigenvalue weighted by molar-refractivity contribution is 9.10. The van der Waals surface area contributed by atoms with Crippen molar-refractivity contribution in [2.75, 3.05) is 13.1 Å². The Bertz CT molecular complexity index is 437. The number of halogens is 1. The molecule has 18 heavy (non-hydrogen) atoms. The quantitative estimate of drug-likeness (QED) is 0.748. The van der Waals surface area contributed by atoms with Gasteiger partial charge in [0.1, 0.15) is 0 Å². The van der Waals surface area contributed by atoms with Gasteiger partial charge < -0.3 is 16.4 Å². The molecular formula is C12H16BrN3O2. The van der Waals surface area contributed by atoms with Gasteiger partial charge in [0, 0.05) is 4.47 Å². The van der Waals surface area contributed by atoms with Gasteiger partial charge in [-0.05, 0) is 18.6 Å². The van der Waals surface area contributed by atoms with E-state index in [-0.39, 0.29) is 30.9 Å². The molecule has 0 fully saturated rings. The molecule has 0 aromatic heterocycles.